The minimum atomic E-state index is -1.03. The Kier molecular flexibility index (Phi) is 4.16. The van der Waals surface area contributed by atoms with Crippen LogP contribution in [-0.2, 0) is 0 Å². The Morgan fingerprint density at radius 1 is 1.37 bits per heavy atom. The van der Waals surface area contributed by atoms with Gasteiger partial charge in [0.25, 0.3) is 0 Å². The normalized spacial score (nSPS) is 10.3. The molecule has 5 nitrogen and oxygen atoms in total. The Hall–Kier alpha value is -1.47. The third kappa shape index (κ3) is 3.30. The fourth-order valence-corrected chi connectivity index (χ4v) is 2.59. The smallest absolute Gasteiger partial charge is 0.339 e. The number of benzene rings is 1. The summed E-state index contributed by atoms with van der Waals surface area (Å²) in [5.41, 5.74) is 1.31. The first kappa shape index (κ1) is 14.0. The van der Waals surface area contributed by atoms with Gasteiger partial charge in [-0.1, -0.05) is 15.9 Å². The second-order valence-corrected chi connectivity index (χ2v) is 5.52. The molecule has 0 spiro atoms. The first-order valence-corrected chi connectivity index (χ1v) is 6.85. The van der Waals surface area contributed by atoms with Crippen molar-refractivity contribution in [2.45, 2.75) is 6.92 Å². The number of aromatic nitrogens is 2. The van der Waals surface area contributed by atoms with Gasteiger partial charge in [-0.2, -0.15) is 0 Å². The lowest BCUT2D eigenvalue weighted by Crippen LogP contribution is -2.06. The molecule has 0 saturated carbocycles. The molecule has 1 heterocycles. The van der Waals surface area contributed by atoms with Gasteiger partial charge in [-0.25, -0.2) is 14.8 Å². The lowest BCUT2D eigenvalue weighted by atomic mass is 10.2. The number of hydrogen-bond acceptors (Lipinski definition) is 4. The minimum Gasteiger partial charge on any atom is -0.478 e. The average Bonchev–Trinajstić information content (AvgIpc) is 2.32. The van der Waals surface area contributed by atoms with Gasteiger partial charge in [0.2, 0.25) is 5.95 Å². The van der Waals surface area contributed by atoms with E-state index in [2.05, 4.69) is 47.1 Å². The largest absolute Gasteiger partial charge is 0.478 e. The van der Waals surface area contributed by atoms with Gasteiger partial charge in [0.1, 0.15) is 0 Å². The van der Waals surface area contributed by atoms with E-state index < -0.39 is 5.97 Å². The number of hydrogen-bond donors (Lipinski definition) is 2. The molecule has 0 aliphatic carbocycles. The highest BCUT2D eigenvalue weighted by Crippen LogP contribution is 2.27. The summed E-state index contributed by atoms with van der Waals surface area (Å²) in [5.74, 6) is -0.681. The molecule has 2 aromatic rings. The van der Waals surface area contributed by atoms with E-state index in [1.165, 1.54) is 6.20 Å². The number of aromatic carboxylic acids is 1. The van der Waals surface area contributed by atoms with Crippen molar-refractivity contribution in [3.05, 3.63) is 44.6 Å². The Labute approximate surface area is 126 Å². The molecule has 19 heavy (non-hydrogen) atoms. The van der Waals surface area contributed by atoms with Crippen molar-refractivity contribution in [2.75, 3.05) is 5.32 Å². The van der Waals surface area contributed by atoms with E-state index in [4.69, 9.17) is 5.11 Å². The number of halogens is 2. The summed E-state index contributed by atoms with van der Waals surface area (Å²) in [6, 6.07) is 5.63. The third-order valence-corrected chi connectivity index (χ3v) is 3.54. The number of carboxylic acids is 1. The SMILES string of the molecule is Cc1nc(Nc2ccc(Br)cc2Br)ncc1C(=O)O. The lowest BCUT2D eigenvalue weighted by Gasteiger charge is -2.08. The van der Waals surface area contributed by atoms with Gasteiger partial charge < -0.3 is 10.4 Å². The lowest BCUT2D eigenvalue weighted by molar-refractivity contribution is 0.0695. The minimum absolute atomic E-state index is 0.0976. The standard InChI is InChI=1S/C12H9Br2N3O2/c1-6-8(11(18)19)5-15-12(16-6)17-10-3-2-7(13)4-9(10)14/h2-5H,1H3,(H,18,19)(H,15,16,17). The van der Waals surface area contributed by atoms with Gasteiger partial charge in [0.05, 0.1) is 16.9 Å². The molecule has 0 unspecified atom stereocenters. The molecule has 0 fully saturated rings. The van der Waals surface area contributed by atoms with Gasteiger partial charge in [-0.15, -0.1) is 0 Å². The van der Waals surface area contributed by atoms with Gasteiger partial charge in [-0.05, 0) is 41.1 Å². The molecule has 0 aliphatic heterocycles. The van der Waals surface area contributed by atoms with Crippen LogP contribution < -0.4 is 5.32 Å². The van der Waals surface area contributed by atoms with Crippen LogP contribution in [0.5, 0.6) is 0 Å². The highest BCUT2D eigenvalue weighted by Gasteiger charge is 2.10. The third-order valence-electron chi connectivity index (χ3n) is 2.39. The van der Waals surface area contributed by atoms with Gasteiger partial charge in [-0.3, -0.25) is 0 Å². The van der Waals surface area contributed by atoms with Gasteiger partial charge in [0, 0.05) is 15.1 Å². The quantitative estimate of drug-likeness (QED) is 0.840. The van der Waals surface area contributed by atoms with E-state index >= 15 is 0 Å². The molecule has 0 radical (unpaired) electrons. The Balaban J connectivity index is 2.29. The van der Waals surface area contributed by atoms with Crippen LogP contribution in [0.15, 0.2) is 33.3 Å². The van der Waals surface area contributed by atoms with E-state index in [0.29, 0.717) is 11.6 Å². The van der Waals surface area contributed by atoms with E-state index in [9.17, 15) is 4.79 Å². The molecule has 98 valence electrons. The molecular formula is C12H9Br2N3O2. The van der Waals surface area contributed by atoms with E-state index in [0.717, 1.165) is 14.6 Å². The summed E-state index contributed by atoms with van der Waals surface area (Å²) < 4.78 is 1.80. The molecule has 1 aromatic carbocycles. The maximum absolute atomic E-state index is 10.9. The number of carboxylic acid groups (broad SMARTS) is 1. The van der Waals surface area contributed by atoms with Crippen LogP contribution in [0.3, 0.4) is 0 Å². The van der Waals surface area contributed by atoms with Crippen molar-refractivity contribution in [3.8, 4) is 0 Å². The second kappa shape index (κ2) is 5.66. The summed E-state index contributed by atoms with van der Waals surface area (Å²) >= 11 is 6.78. The summed E-state index contributed by atoms with van der Waals surface area (Å²) in [5, 5.41) is 11.9. The Morgan fingerprint density at radius 3 is 2.68 bits per heavy atom. The summed E-state index contributed by atoms with van der Waals surface area (Å²) in [7, 11) is 0. The summed E-state index contributed by atoms with van der Waals surface area (Å²) in [4.78, 5) is 19.0. The van der Waals surface area contributed by atoms with Crippen molar-refractivity contribution in [1.29, 1.82) is 0 Å². The molecule has 2 N–H and O–H groups in total. The van der Waals surface area contributed by atoms with Crippen LogP contribution >= 0.6 is 31.9 Å². The monoisotopic (exact) mass is 385 g/mol. The molecule has 1 aromatic heterocycles. The molecule has 0 saturated heterocycles. The topological polar surface area (TPSA) is 75.1 Å². The molecule has 7 heteroatoms. The zero-order valence-electron chi connectivity index (χ0n) is 9.82. The maximum atomic E-state index is 10.9. The number of carbonyl (C=O) groups is 1. The molecular weight excluding hydrogens is 378 g/mol. The Morgan fingerprint density at radius 2 is 2.11 bits per heavy atom. The number of nitrogens with one attached hydrogen (secondary N) is 1. The maximum Gasteiger partial charge on any atom is 0.339 e. The Bertz CT molecular complexity index is 647. The summed E-state index contributed by atoms with van der Waals surface area (Å²) in [6.07, 6.45) is 1.29. The van der Waals surface area contributed by atoms with Crippen molar-refractivity contribution in [1.82, 2.24) is 9.97 Å². The number of anilines is 2. The van der Waals surface area contributed by atoms with Crippen LogP contribution in [0, 0.1) is 6.92 Å². The fourth-order valence-electron chi connectivity index (χ4n) is 1.45. The van der Waals surface area contributed by atoms with Crippen molar-refractivity contribution >= 4 is 49.5 Å². The molecule has 0 bridgehead atoms. The molecule has 0 aliphatic rings. The van der Waals surface area contributed by atoms with Crippen LogP contribution in [0.4, 0.5) is 11.6 Å². The first-order valence-electron chi connectivity index (χ1n) is 5.26. The number of nitrogens with zero attached hydrogens (tertiary/aromatic N) is 2. The highest BCUT2D eigenvalue weighted by atomic mass is 79.9. The van der Waals surface area contributed by atoms with Crippen molar-refractivity contribution in [2.24, 2.45) is 0 Å². The molecule has 2 rings (SSSR count). The predicted octanol–water partition coefficient (Wildman–Crippen LogP) is 3.75. The van der Waals surface area contributed by atoms with Crippen molar-refractivity contribution in [3.63, 3.8) is 0 Å². The molecule has 0 amide bonds. The fraction of sp³-hybridized carbons (Fsp3) is 0.0833. The van der Waals surface area contributed by atoms with Gasteiger partial charge >= 0.3 is 5.97 Å². The molecule has 0 atom stereocenters. The average molecular weight is 387 g/mol. The zero-order valence-corrected chi connectivity index (χ0v) is 13.0. The first-order chi connectivity index (χ1) is 8.97. The summed E-state index contributed by atoms with van der Waals surface area (Å²) in [6.45, 7) is 1.63. The second-order valence-electron chi connectivity index (χ2n) is 3.75. The van der Waals surface area contributed by atoms with E-state index in [1.54, 1.807) is 6.92 Å². The van der Waals surface area contributed by atoms with Crippen LogP contribution in [0.25, 0.3) is 0 Å². The highest BCUT2D eigenvalue weighted by molar-refractivity contribution is 9.11. The number of aryl methyl sites for hydroxylation is 1. The zero-order chi connectivity index (χ0) is 14.0. The van der Waals surface area contributed by atoms with Crippen LogP contribution in [-0.4, -0.2) is 21.0 Å². The van der Waals surface area contributed by atoms with E-state index in [-0.39, 0.29) is 5.56 Å². The van der Waals surface area contributed by atoms with Gasteiger partial charge in [0.15, 0.2) is 0 Å². The predicted molar refractivity (Wildman–Crippen MR) is 78.9 cm³/mol. The van der Waals surface area contributed by atoms with E-state index in [1.807, 2.05) is 18.2 Å². The van der Waals surface area contributed by atoms with Crippen molar-refractivity contribution < 1.29 is 9.90 Å². The number of rotatable bonds is 3. The van der Waals surface area contributed by atoms with Crippen LogP contribution in [0.2, 0.25) is 0 Å². The van der Waals surface area contributed by atoms with Crippen LogP contribution in [0.1, 0.15) is 16.1 Å².